The van der Waals surface area contributed by atoms with Crippen molar-refractivity contribution in [3.8, 4) is 0 Å². The van der Waals surface area contributed by atoms with Crippen molar-refractivity contribution in [3.05, 3.63) is 36.2 Å². The molecule has 2 rings (SSSR count). The molecule has 18 heavy (non-hydrogen) atoms. The molecule has 1 amide bonds. The number of primary amides is 1. The molecule has 2 aromatic heterocycles. The summed E-state index contributed by atoms with van der Waals surface area (Å²) >= 11 is 0. The second-order valence-corrected chi connectivity index (χ2v) is 4.30. The number of aromatic nitrogens is 2. The predicted molar refractivity (Wildman–Crippen MR) is 69.9 cm³/mol. The molecule has 0 radical (unpaired) electrons. The van der Waals surface area contributed by atoms with Crippen LogP contribution in [0.5, 0.6) is 0 Å². The predicted octanol–water partition coefficient (Wildman–Crippen LogP) is 1.08. The molecule has 0 fully saturated rings. The first-order chi connectivity index (χ1) is 8.77. The average molecular weight is 246 g/mol. The first kappa shape index (κ1) is 12.6. The number of nitrogens with zero attached hydrogens (tertiary/aromatic N) is 2. The van der Waals surface area contributed by atoms with E-state index in [4.69, 9.17) is 5.73 Å². The Kier molecular flexibility index (Phi) is 4.30. The number of nitrogens with one attached hydrogen (secondary N) is 1. The largest absolute Gasteiger partial charge is 0.370 e. The molecule has 0 bridgehead atoms. The fraction of sp³-hybridized carbons (Fsp3) is 0.385. The van der Waals surface area contributed by atoms with Crippen LogP contribution in [0.2, 0.25) is 0 Å². The second-order valence-electron chi connectivity index (χ2n) is 4.30. The van der Waals surface area contributed by atoms with Gasteiger partial charge in [-0.1, -0.05) is 6.07 Å². The molecule has 0 unspecified atom stereocenters. The Bertz CT molecular complexity index is 520. The third-order valence-electron chi connectivity index (χ3n) is 2.85. The second kappa shape index (κ2) is 6.16. The van der Waals surface area contributed by atoms with E-state index in [-0.39, 0.29) is 5.91 Å². The molecule has 2 aromatic rings. The average Bonchev–Trinajstić information content (AvgIpc) is 2.77. The van der Waals surface area contributed by atoms with E-state index in [1.165, 1.54) is 5.56 Å². The zero-order chi connectivity index (χ0) is 12.8. The summed E-state index contributed by atoms with van der Waals surface area (Å²) in [6.45, 7) is 1.68. The quantitative estimate of drug-likeness (QED) is 0.718. The van der Waals surface area contributed by atoms with Gasteiger partial charge in [0, 0.05) is 24.7 Å². The Morgan fingerprint density at radius 2 is 2.28 bits per heavy atom. The van der Waals surface area contributed by atoms with E-state index in [1.807, 2.05) is 29.0 Å². The summed E-state index contributed by atoms with van der Waals surface area (Å²) in [7, 11) is 0. The number of carbonyl (C=O) groups is 1. The lowest BCUT2D eigenvalue weighted by Crippen LogP contribution is -2.16. The van der Waals surface area contributed by atoms with Gasteiger partial charge in [0.15, 0.2) is 0 Å². The van der Waals surface area contributed by atoms with Crippen LogP contribution in [0.25, 0.3) is 5.52 Å². The van der Waals surface area contributed by atoms with Gasteiger partial charge < -0.3 is 11.1 Å². The van der Waals surface area contributed by atoms with E-state index in [1.54, 1.807) is 0 Å². The minimum absolute atomic E-state index is 0.224. The van der Waals surface area contributed by atoms with Gasteiger partial charge >= 0.3 is 0 Å². The van der Waals surface area contributed by atoms with E-state index in [2.05, 4.69) is 16.5 Å². The van der Waals surface area contributed by atoms with Crippen LogP contribution >= 0.6 is 0 Å². The number of rotatable bonds is 7. The van der Waals surface area contributed by atoms with Crippen molar-refractivity contribution in [3.63, 3.8) is 0 Å². The topological polar surface area (TPSA) is 72.4 Å². The van der Waals surface area contributed by atoms with Gasteiger partial charge in [-0.15, -0.1) is 0 Å². The Labute approximate surface area is 106 Å². The molecular formula is C13H18N4O. The highest BCUT2D eigenvalue weighted by Gasteiger charge is 2.02. The molecule has 0 aliphatic rings. The monoisotopic (exact) mass is 246 g/mol. The number of nitrogens with two attached hydrogens (primary N) is 1. The highest BCUT2D eigenvalue weighted by Crippen LogP contribution is 2.09. The zero-order valence-electron chi connectivity index (χ0n) is 10.3. The summed E-state index contributed by atoms with van der Waals surface area (Å²) in [5.41, 5.74) is 7.39. The maximum Gasteiger partial charge on any atom is 0.217 e. The van der Waals surface area contributed by atoms with Gasteiger partial charge in [-0.25, -0.2) is 4.52 Å². The number of hydrogen-bond acceptors (Lipinski definition) is 3. The fourth-order valence-electron chi connectivity index (χ4n) is 1.90. The first-order valence-electron chi connectivity index (χ1n) is 6.17. The standard InChI is InChI=1S/C13H18N4O/c14-13(18)6-1-3-7-15-9-11-10-16-17-8-4-2-5-12(11)17/h2,4-5,8,10,15H,1,3,6-7,9H2,(H2,14,18). The van der Waals surface area contributed by atoms with Gasteiger partial charge in [-0.3, -0.25) is 4.79 Å². The van der Waals surface area contributed by atoms with Gasteiger partial charge in [0.05, 0.1) is 11.7 Å². The van der Waals surface area contributed by atoms with Gasteiger partial charge in [0.1, 0.15) is 0 Å². The summed E-state index contributed by atoms with van der Waals surface area (Å²) in [6, 6.07) is 6.02. The molecule has 0 atom stereocenters. The number of unbranched alkanes of at least 4 members (excludes halogenated alkanes) is 1. The molecule has 96 valence electrons. The third kappa shape index (κ3) is 3.30. The van der Waals surface area contributed by atoms with Crippen LogP contribution in [0.4, 0.5) is 0 Å². The lowest BCUT2D eigenvalue weighted by molar-refractivity contribution is -0.118. The summed E-state index contributed by atoms with van der Waals surface area (Å²) in [4.78, 5) is 10.6. The maximum absolute atomic E-state index is 10.6. The Balaban J connectivity index is 1.75. The van der Waals surface area contributed by atoms with E-state index in [9.17, 15) is 4.79 Å². The third-order valence-corrected chi connectivity index (χ3v) is 2.85. The molecule has 5 heteroatoms. The SMILES string of the molecule is NC(=O)CCCCNCc1cnn2ccccc12. The molecule has 0 aliphatic carbocycles. The van der Waals surface area contributed by atoms with E-state index in [0.717, 1.165) is 31.4 Å². The van der Waals surface area contributed by atoms with Gasteiger partial charge in [-0.05, 0) is 31.5 Å². The number of carbonyl (C=O) groups excluding carboxylic acids is 1. The normalized spacial score (nSPS) is 10.9. The summed E-state index contributed by atoms with van der Waals surface area (Å²) in [5.74, 6) is -0.224. The number of pyridine rings is 1. The van der Waals surface area contributed by atoms with E-state index < -0.39 is 0 Å². The number of hydrogen-bond donors (Lipinski definition) is 2. The van der Waals surface area contributed by atoms with Gasteiger partial charge in [-0.2, -0.15) is 5.10 Å². The molecule has 5 nitrogen and oxygen atoms in total. The van der Waals surface area contributed by atoms with Crippen molar-refractivity contribution in [1.29, 1.82) is 0 Å². The molecule has 0 aromatic carbocycles. The smallest absolute Gasteiger partial charge is 0.217 e. The van der Waals surface area contributed by atoms with Crippen LogP contribution < -0.4 is 11.1 Å². The summed E-state index contributed by atoms with van der Waals surface area (Å²) in [6.07, 6.45) is 6.09. The van der Waals surface area contributed by atoms with Crippen LogP contribution in [-0.2, 0) is 11.3 Å². The Morgan fingerprint density at radius 3 is 3.11 bits per heavy atom. The zero-order valence-corrected chi connectivity index (χ0v) is 10.3. The van der Waals surface area contributed by atoms with Gasteiger partial charge in [0.2, 0.25) is 5.91 Å². The summed E-state index contributed by atoms with van der Waals surface area (Å²) < 4.78 is 1.87. The van der Waals surface area contributed by atoms with Gasteiger partial charge in [0.25, 0.3) is 0 Å². The number of amides is 1. The molecule has 0 aliphatic heterocycles. The summed E-state index contributed by atoms with van der Waals surface area (Å²) in [5, 5.41) is 7.62. The molecule has 3 N–H and O–H groups in total. The molecular weight excluding hydrogens is 228 g/mol. The number of fused-ring (bicyclic) bond motifs is 1. The fourth-order valence-corrected chi connectivity index (χ4v) is 1.90. The van der Waals surface area contributed by atoms with Crippen LogP contribution in [0, 0.1) is 0 Å². The molecule has 2 heterocycles. The minimum atomic E-state index is -0.224. The Morgan fingerprint density at radius 1 is 1.39 bits per heavy atom. The van der Waals surface area contributed by atoms with Crippen molar-refractivity contribution < 1.29 is 4.79 Å². The maximum atomic E-state index is 10.6. The lowest BCUT2D eigenvalue weighted by atomic mass is 10.2. The van der Waals surface area contributed by atoms with Crippen LogP contribution in [0.3, 0.4) is 0 Å². The molecule has 0 saturated heterocycles. The van der Waals surface area contributed by atoms with E-state index >= 15 is 0 Å². The van der Waals surface area contributed by atoms with Crippen LogP contribution in [0.15, 0.2) is 30.6 Å². The highest BCUT2D eigenvalue weighted by atomic mass is 16.1. The van der Waals surface area contributed by atoms with E-state index in [0.29, 0.717) is 6.42 Å². The van der Waals surface area contributed by atoms with Crippen molar-refractivity contribution in [2.24, 2.45) is 5.73 Å². The van der Waals surface area contributed by atoms with Crippen molar-refractivity contribution in [1.82, 2.24) is 14.9 Å². The van der Waals surface area contributed by atoms with Crippen molar-refractivity contribution >= 4 is 11.4 Å². The molecule has 0 spiro atoms. The Hall–Kier alpha value is -1.88. The first-order valence-corrected chi connectivity index (χ1v) is 6.17. The van der Waals surface area contributed by atoms with Crippen molar-refractivity contribution in [2.75, 3.05) is 6.54 Å². The molecule has 0 saturated carbocycles. The lowest BCUT2D eigenvalue weighted by Gasteiger charge is -2.03. The highest BCUT2D eigenvalue weighted by molar-refractivity contribution is 5.73. The van der Waals surface area contributed by atoms with Crippen molar-refractivity contribution in [2.45, 2.75) is 25.8 Å². The van der Waals surface area contributed by atoms with Crippen LogP contribution in [0.1, 0.15) is 24.8 Å². The minimum Gasteiger partial charge on any atom is -0.370 e. The van der Waals surface area contributed by atoms with Crippen LogP contribution in [-0.4, -0.2) is 22.1 Å².